The molecule has 0 unspecified atom stereocenters. The Hall–Kier alpha value is -0.530. The number of hydrogen-bond acceptors (Lipinski definition) is 1. The fourth-order valence-electron chi connectivity index (χ4n) is 1.24. The Morgan fingerprint density at radius 3 is 2.00 bits per heavy atom. The fourth-order valence-corrected chi connectivity index (χ4v) is 1.24. The van der Waals surface area contributed by atoms with E-state index in [2.05, 4.69) is 6.92 Å². The third kappa shape index (κ3) is 8.09. The first kappa shape index (κ1) is 15.9. The lowest BCUT2D eigenvalue weighted by Gasteiger charge is -2.19. The van der Waals surface area contributed by atoms with E-state index in [0.29, 0.717) is 6.42 Å². The highest BCUT2D eigenvalue weighted by atomic mass is 16.2. The Bertz CT molecular complexity index is 123. The van der Waals surface area contributed by atoms with Crippen LogP contribution in [0.25, 0.3) is 0 Å². The summed E-state index contributed by atoms with van der Waals surface area (Å²) >= 11 is 0. The average Bonchev–Trinajstić information content (AvgIpc) is 2.26. The lowest BCUT2D eigenvalue weighted by atomic mass is 10.2. The van der Waals surface area contributed by atoms with Crippen molar-refractivity contribution in [2.45, 2.75) is 60.3 Å². The van der Waals surface area contributed by atoms with E-state index in [0.717, 1.165) is 19.5 Å². The molecule has 2 heteroatoms. The van der Waals surface area contributed by atoms with Crippen molar-refractivity contribution < 1.29 is 4.79 Å². The summed E-state index contributed by atoms with van der Waals surface area (Å²) in [7, 11) is 0. The van der Waals surface area contributed by atoms with Crippen molar-refractivity contribution in [3.63, 3.8) is 0 Å². The Morgan fingerprint density at radius 1 is 1.07 bits per heavy atom. The second kappa shape index (κ2) is 12.5. The van der Waals surface area contributed by atoms with E-state index < -0.39 is 0 Å². The topological polar surface area (TPSA) is 20.3 Å². The molecule has 0 radical (unpaired) electrons. The quantitative estimate of drug-likeness (QED) is 0.603. The van der Waals surface area contributed by atoms with Crippen LogP contribution < -0.4 is 0 Å². The molecule has 2 nitrogen and oxygen atoms in total. The van der Waals surface area contributed by atoms with Gasteiger partial charge in [-0.3, -0.25) is 4.79 Å². The molecule has 0 atom stereocenters. The van der Waals surface area contributed by atoms with Crippen molar-refractivity contribution >= 4 is 5.91 Å². The third-order valence-corrected chi connectivity index (χ3v) is 2.07. The summed E-state index contributed by atoms with van der Waals surface area (Å²) in [5, 5.41) is 0. The molecule has 0 aromatic carbocycles. The predicted molar refractivity (Wildman–Crippen MR) is 63.4 cm³/mol. The van der Waals surface area contributed by atoms with Crippen molar-refractivity contribution in [1.29, 1.82) is 0 Å². The molecule has 14 heavy (non-hydrogen) atoms. The molecule has 0 fully saturated rings. The van der Waals surface area contributed by atoms with Crippen LogP contribution in [0.15, 0.2) is 0 Å². The van der Waals surface area contributed by atoms with Gasteiger partial charge in [0.2, 0.25) is 5.91 Å². The van der Waals surface area contributed by atoms with Gasteiger partial charge in [-0.2, -0.15) is 0 Å². The van der Waals surface area contributed by atoms with E-state index in [1.54, 1.807) is 0 Å². The summed E-state index contributed by atoms with van der Waals surface area (Å²) in [5.41, 5.74) is 0. The molecule has 0 N–H and O–H groups in total. The minimum atomic E-state index is 0.286. The predicted octanol–water partition coefficient (Wildman–Crippen LogP) is 3.46. The molecule has 0 aromatic heterocycles. The van der Waals surface area contributed by atoms with E-state index in [1.807, 2.05) is 32.6 Å². The summed E-state index contributed by atoms with van der Waals surface area (Å²) in [6.07, 6.45) is 4.24. The van der Waals surface area contributed by atoms with Gasteiger partial charge in [-0.25, -0.2) is 0 Å². The van der Waals surface area contributed by atoms with Gasteiger partial charge in [0.25, 0.3) is 0 Å². The maximum absolute atomic E-state index is 11.3. The van der Waals surface area contributed by atoms with Gasteiger partial charge in [-0.05, 0) is 13.3 Å². The maximum atomic E-state index is 11.3. The average molecular weight is 201 g/mol. The number of rotatable bonds is 6. The van der Waals surface area contributed by atoms with E-state index in [9.17, 15) is 4.79 Å². The highest BCUT2D eigenvalue weighted by Crippen LogP contribution is 2.00. The molecular weight excluding hydrogens is 174 g/mol. The molecular formula is C12H27NO. The second-order valence-corrected chi connectivity index (χ2v) is 3.03. The first-order chi connectivity index (χ1) is 6.76. The van der Waals surface area contributed by atoms with Crippen LogP contribution in [-0.4, -0.2) is 23.9 Å². The van der Waals surface area contributed by atoms with E-state index in [-0.39, 0.29) is 5.91 Å². The van der Waals surface area contributed by atoms with Crippen LogP contribution in [-0.2, 0) is 4.79 Å². The maximum Gasteiger partial charge on any atom is 0.222 e. The monoisotopic (exact) mass is 201 g/mol. The largest absolute Gasteiger partial charge is 0.343 e. The molecule has 0 saturated heterocycles. The van der Waals surface area contributed by atoms with Crippen molar-refractivity contribution in [2.75, 3.05) is 13.1 Å². The van der Waals surface area contributed by atoms with Crippen LogP contribution in [0.3, 0.4) is 0 Å². The van der Waals surface area contributed by atoms with Gasteiger partial charge in [-0.1, -0.05) is 40.5 Å². The molecule has 0 saturated carbocycles. The number of hydrogen-bond donors (Lipinski definition) is 0. The number of amides is 1. The van der Waals surface area contributed by atoms with Crippen LogP contribution in [0.5, 0.6) is 0 Å². The van der Waals surface area contributed by atoms with Crippen molar-refractivity contribution in [1.82, 2.24) is 4.90 Å². The molecule has 0 spiro atoms. The summed E-state index contributed by atoms with van der Waals surface area (Å²) in [6.45, 7) is 11.9. The minimum absolute atomic E-state index is 0.286. The lowest BCUT2D eigenvalue weighted by Crippen LogP contribution is -2.30. The van der Waals surface area contributed by atoms with Crippen LogP contribution in [0.1, 0.15) is 60.3 Å². The minimum Gasteiger partial charge on any atom is -0.343 e. The fraction of sp³-hybridized carbons (Fsp3) is 0.917. The van der Waals surface area contributed by atoms with Gasteiger partial charge in [0.1, 0.15) is 0 Å². The SMILES string of the molecule is CC.CCCCCN(CC)C(=O)CC. The van der Waals surface area contributed by atoms with Gasteiger partial charge in [0.15, 0.2) is 0 Å². The van der Waals surface area contributed by atoms with Crippen LogP contribution in [0, 0.1) is 0 Å². The summed E-state index contributed by atoms with van der Waals surface area (Å²) in [6, 6.07) is 0. The van der Waals surface area contributed by atoms with Gasteiger partial charge in [0.05, 0.1) is 0 Å². The molecule has 0 heterocycles. The molecule has 0 bridgehead atoms. The van der Waals surface area contributed by atoms with Gasteiger partial charge in [0, 0.05) is 19.5 Å². The lowest BCUT2D eigenvalue weighted by molar-refractivity contribution is -0.130. The zero-order valence-electron chi connectivity index (χ0n) is 10.6. The van der Waals surface area contributed by atoms with Gasteiger partial charge >= 0.3 is 0 Å². The molecule has 86 valence electrons. The Kier molecular flexibility index (Phi) is 14.2. The molecule has 0 aliphatic rings. The second-order valence-electron chi connectivity index (χ2n) is 3.03. The Balaban J connectivity index is 0. The summed E-state index contributed by atoms with van der Waals surface area (Å²) in [4.78, 5) is 13.2. The van der Waals surface area contributed by atoms with E-state index in [4.69, 9.17) is 0 Å². The molecule has 0 aliphatic carbocycles. The standard InChI is InChI=1S/C10H21NO.C2H6/c1-4-7-8-9-11(6-3)10(12)5-2;1-2/h4-9H2,1-3H3;1-2H3. The smallest absolute Gasteiger partial charge is 0.222 e. The molecule has 0 rings (SSSR count). The molecule has 0 aromatic rings. The summed E-state index contributed by atoms with van der Waals surface area (Å²) < 4.78 is 0. The number of carbonyl (C=O) groups is 1. The Morgan fingerprint density at radius 2 is 1.64 bits per heavy atom. The first-order valence-electron chi connectivity index (χ1n) is 6.04. The van der Waals surface area contributed by atoms with Crippen LogP contribution in [0.4, 0.5) is 0 Å². The van der Waals surface area contributed by atoms with Gasteiger partial charge in [-0.15, -0.1) is 0 Å². The number of unbranched alkanes of at least 4 members (excludes halogenated alkanes) is 2. The van der Waals surface area contributed by atoms with Crippen molar-refractivity contribution in [2.24, 2.45) is 0 Å². The highest BCUT2D eigenvalue weighted by Gasteiger charge is 2.07. The zero-order chi connectivity index (χ0) is 11.4. The first-order valence-corrected chi connectivity index (χ1v) is 6.04. The zero-order valence-corrected chi connectivity index (χ0v) is 10.6. The molecule has 0 aliphatic heterocycles. The van der Waals surface area contributed by atoms with Gasteiger partial charge < -0.3 is 4.90 Å². The van der Waals surface area contributed by atoms with Crippen molar-refractivity contribution in [3.05, 3.63) is 0 Å². The van der Waals surface area contributed by atoms with E-state index >= 15 is 0 Å². The summed E-state index contributed by atoms with van der Waals surface area (Å²) in [5.74, 6) is 0.286. The normalized spacial score (nSPS) is 8.93. The molecule has 1 amide bonds. The van der Waals surface area contributed by atoms with E-state index in [1.165, 1.54) is 12.8 Å². The third-order valence-electron chi connectivity index (χ3n) is 2.07. The van der Waals surface area contributed by atoms with Crippen LogP contribution in [0.2, 0.25) is 0 Å². The van der Waals surface area contributed by atoms with Crippen LogP contribution >= 0.6 is 0 Å². The highest BCUT2D eigenvalue weighted by molar-refractivity contribution is 5.75. The number of nitrogens with zero attached hydrogens (tertiary/aromatic N) is 1. The number of carbonyl (C=O) groups excluding carboxylic acids is 1. The Labute approximate surface area is 89.7 Å². The van der Waals surface area contributed by atoms with Crippen molar-refractivity contribution in [3.8, 4) is 0 Å².